The molecule has 0 bridgehead atoms. The van der Waals surface area contributed by atoms with Crippen LogP contribution in [-0.2, 0) is 10.2 Å². The number of fused-ring (bicyclic) bond motifs is 6. The van der Waals surface area contributed by atoms with Crippen LogP contribution in [0, 0.1) is 5.92 Å². The standard InChI is InChI=1S/C32H23BrN2O5/c1-39-24-14-12-19(17-21(24)33)29(36)28-27(30(37)25-11-6-16-40-25)32(20-8-3-4-9-22(20)34-31(32)38)26-15-13-18-7-2-5-10-23(18)35(26)28/h2-17,26-28H,1H3,(H,34,38)/t26-,27+,28-,32+/m0/s1. The van der Waals surface area contributed by atoms with Crippen molar-refractivity contribution < 1.29 is 23.5 Å². The molecular weight excluding hydrogens is 572 g/mol. The summed E-state index contributed by atoms with van der Waals surface area (Å²) in [5.74, 6) is -1.40. The second-order valence-corrected chi connectivity index (χ2v) is 11.0. The van der Waals surface area contributed by atoms with Gasteiger partial charge in [0.05, 0.1) is 29.8 Å². The van der Waals surface area contributed by atoms with Crippen molar-refractivity contribution in [2.45, 2.75) is 17.5 Å². The fourth-order valence-corrected chi connectivity index (χ4v) is 7.22. The highest BCUT2D eigenvalue weighted by molar-refractivity contribution is 9.10. The highest BCUT2D eigenvalue weighted by Gasteiger charge is 2.70. The average molecular weight is 595 g/mol. The summed E-state index contributed by atoms with van der Waals surface area (Å²) in [6.07, 6.45) is 5.35. The monoisotopic (exact) mass is 594 g/mol. The van der Waals surface area contributed by atoms with Gasteiger partial charge in [0.15, 0.2) is 11.5 Å². The lowest BCUT2D eigenvalue weighted by Gasteiger charge is -2.37. The van der Waals surface area contributed by atoms with Crippen molar-refractivity contribution in [1.82, 2.24) is 0 Å². The number of carbonyl (C=O) groups excluding carboxylic acids is 3. The molecule has 0 radical (unpaired) electrons. The molecule has 40 heavy (non-hydrogen) atoms. The molecule has 3 aromatic carbocycles. The summed E-state index contributed by atoms with van der Waals surface area (Å²) in [5, 5.41) is 3.02. The van der Waals surface area contributed by atoms with E-state index in [4.69, 9.17) is 9.15 Å². The van der Waals surface area contributed by atoms with E-state index in [1.165, 1.54) is 6.26 Å². The Labute approximate surface area is 238 Å². The number of benzene rings is 3. The van der Waals surface area contributed by atoms with Crippen LogP contribution in [0.15, 0.2) is 100 Å². The van der Waals surface area contributed by atoms with Crippen molar-refractivity contribution in [3.8, 4) is 5.75 Å². The van der Waals surface area contributed by atoms with Crippen molar-refractivity contribution in [2.24, 2.45) is 5.92 Å². The number of furan rings is 1. The molecule has 8 heteroatoms. The molecule has 4 heterocycles. The summed E-state index contributed by atoms with van der Waals surface area (Å²) in [5.41, 5.74) is 2.03. The number of methoxy groups -OCH3 is 1. The molecule has 3 aliphatic rings. The van der Waals surface area contributed by atoms with Crippen LogP contribution in [0.1, 0.15) is 32.0 Å². The molecule has 0 saturated carbocycles. The topological polar surface area (TPSA) is 88.9 Å². The lowest BCUT2D eigenvalue weighted by molar-refractivity contribution is -0.121. The number of hydrogen-bond donors (Lipinski definition) is 1. The zero-order valence-corrected chi connectivity index (χ0v) is 22.9. The van der Waals surface area contributed by atoms with E-state index < -0.39 is 29.2 Å². The molecule has 1 N–H and O–H groups in total. The first kappa shape index (κ1) is 24.6. The second kappa shape index (κ2) is 9.06. The molecule has 4 aromatic rings. The quantitative estimate of drug-likeness (QED) is 0.289. The van der Waals surface area contributed by atoms with Crippen molar-refractivity contribution in [3.63, 3.8) is 0 Å². The number of para-hydroxylation sites is 2. The number of hydrogen-bond acceptors (Lipinski definition) is 6. The van der Waals surface area contributed by atoms with E-state index in [0.29, 0.717) is 27.0 Å². The summed E-state index contributed by atoms with van der Waals surface area (Å²) < 4.78 is 11.6. The summed E-state index contributed by atoms with van der Waals surface area (Å²) in [7, 11) is 1.55. The van der Waals surface area contributed by atoms with Crippen molar-refractivity contribution in [1.29, 1.82) is 0 Å². The van der Waals surface area contributed by atoms with Crippen LogP contribution in [0.3, 0.4) is 0 Å². The third kappa shape index (κ3) is 3.26. The van der Waals surface area contributed by atoms with Crippen LogP contribution in [-0.4, -0.2) is 36.7 Å². The van der Waals surface area contributed by atoms with Gasteiger partial charge in [-0.05, 0) is 69.5 Å². The van der Waals surface area contributed by atoms with E-state index in [1.807, 2.05) is 65.6 Å². The Balaban J connectivity index is 1.52. The number of nitrogens with zero attached hydrogens (tertiary/aromatic N) is 1. The maximum absolute atomic E-state index is 14.7. The van der Waals surface area contributed by atoms with E-state index in [2.05, 4.69) is 21.2 Å². The molecule has 1 fully saturated rings. The first-order valence-electron chi connectivity index (χ1n) is 12.9. The largest absolute Gasteiger partial charge is 0.496 e. The third-order valence-electron chi connectivity index (χ3n) is 8.29. The van der Waals surface area contributed by atoms with Crippen LogP contribution >= 0.6 is 15.9 Å². The summed E-state index contributed by atoms with van der Waals surface area (Å²) in [6.45, 7) is 0. The number of nitrogens with one attached hydrogen (secondary N) is 1. The molecule has 7 nitrogen and oxygen atoms in total. The molecule has 7 rings (SSSR count). The number of ketones is 2. The van der Waals surface area contributed by atoms with Gasteiger partial charge in [-0.3, -0.25) is 14.4 Å². The Morgan fingerprint density at radius 3 is 2.58 bits per heavy atom. The van der Waals surface area contributed by atoms with Crippen LogP contribution in [0.4, 0.5) is 11.4 Å². The average Bonchev–Trinajstić information content (AvgIpc) is 3.69. The molecule has 0 unspecified atom stereocenters. The third-order valence-corrected chi connectivity index (χ3v) is 8.91. The van der Waals surface area contributed by atoms with Gasteiger partial charge in [-0.15, -0.1) is 0 Å². The Morgan fingerprint density at radius 2 is 1.80 bits per heavy atom. The van der Waals surface area contributed by atoms with Gasteiger partial charge in [-0.2, -0.15) is 0 Å². The van der Waals surface area contributed by atoms with Crippen molar-refractivity contribution >= 4 is 50.9 Å². The minimum atomic E-state index is -1.38. The number of amides is 1. The highest BCUT2D eigenvalue weighted by Crippen LogP contribution is 2.58. The van der Waals surface area contributed by atoms with Crippen molar-refractivity contribution in [2.75, 3.05) is 17.3 Å². The van der Waals surface area contributed by atoms with Crippen molar-refractivity contribution in [3.05, 3.63) is 118 Å². The van der Waals surface area contributed by atoms with Crippen LogP contribution in [0.2, 0.25) is 0 Å². The predicted octanol–water partition coefficient (Wildman–Crippen LogP) is 5.91. The Hall–Kier alpha value is -4.43. The first-order chi connectivity index (χ1) is 19.5. The van der Waals surface area contributed by atoms with Gasteiger partial charge in [0.1, 0.15) is 17.2 Å². The summed E-state index contributed by atoms with van der Waals surface area (Å²) >= 11 is 3.50. The second-order valence-electron chi connectivity index (χ2n) is 10.1. The van der Waals surface area contributed by atoms with Crippen LogP contribution in [0.25, 0.3) is 6.08 Å². The lowest BCUT2D eigenvalue weighted by Crippen LogP contribution is -2.51. The van der Waals surface area contributed by atoms with E-state index in [0.717, 1.165) is 11.3 Å². The number of carbonyl (C=O) groups is 3. The smallest absolute Gasteiger partial charge is 0.238 e. The molecule has 1 aromatic heterocycles. The number of halogens is 1. The van der Waals surface area contributed by atoms with Gasteiger partial charge in [0, 0.05) is 16.9 Å². The highest BCUT2D eigenvalue weighted by atomic mass is 79.9. The zero-order chi connectivity index (χ0) is 27.6. The predicted molar refractivity (Wildman–Crippen MR) is 154 cm³/mol. The fraction of sp³-hybridized carbons (Fsp3) is 0.156. The molecule has 1 amide bonds. The minimum Gasteiger partial charge on any atom is -0.496 e. The van der Waals surface area contributed by atoms with Crippen LogP contribution in [0.5, 0.6) is 5.75 Å². The molecule has 3 aliphatic heterocycles. The molecule has 4 atom stereocenters. The van der Waals surface area contributed by atoms with Gasteiger partial charge in [-0.25, -0.2) is 0 Å². The van der Waals surface area contributed by atoms with Gasteiger partial charge in [0.2, 0.25) is 11.7 Å². The number of Topliss-reactive ketones (excluding diaryl/α,β-unsaturated/α-hetero) is 2. The molecular formula is C32H23BrN2O5. The molecule has 198 valence electrons. The lowest BCUT2D eigenvalue weighted by atomic mass is 9.64. The van der Waals surface area contributed by atoms with E-state index >= 15 is 0 Å². The van der Waals surface area contributed by atoms with E-state index in [1.54, 1.807) is 37.4 Å². The van der Waals surface area contributed by atoms with Gasteiger partial charge >= 0.3 is 0 Å². The van der Waals surface area contributed by atoms with Gasteiger partial charge in [-0.1, -0.05) is 48.6 Å². The SMILES string of the molecule is COc1ccc(C(=O)[C@@H]2[C@H](C(=O)c3ccco3)[C@]3(C(=O)Nc4ccccc43)[C@@H]3C=Cc4ccccc4N23)cc1Br. The normalized spacial score (nSPS) is 23.9. The van der Waals surface area contributed by atoms with E-state index in [-0.39, 0.29) is 17.5 Å². The minimum absolute atomic E-state index is 0.104. The molecule has 1 spiro atoms. The maximum atomic E-state index is 14.7. The maximum Gasteiger partial charge on any atom is 0.238 e. The number of anilines is 2. The van der Waals surface area contributed by atoms with E-state index in [9.17, 15) is 14.4 Å². The number of ether oxygens (including phenoxy) is 1. The molecule has 0 aliphatic carbocycles. The molecule has 1 saturated heterocycles. The van der Waals surface area contributed by atoms with Gasteiger partial charge in [0.25, 0.3) is 0 Å². The van der Waals surface area contributed by atoms with Gasteiger partial charge < -0.3 is 19.4 Å². The Bertz CT molecular complexity index is 1730. The number of rotatable bonds is 5. The Morgan fingerprint density at radius 1 is 1.00 bits per heavy atom. The van der Waals surface area contributed by atoms with Crippen LogP contribution < -0.4 is 15.0 Å². The fourth-order valence-electron chi connectivity index (χ4n) is 6.68. The summed E-state index contributed by atoms with van der Waals surface area (Å²) in [6, 6.07) is 21.8. The summed E-state index contributed by atoms with van der Waals surface area (Å²) in [4.78, 5) is 45.4. The Kier molecular flexibility index (Phi) is 5.57. The first-order valence-corrected chi connectivity index (χ1v) is 13.7. The zero-order valence-electron chi connectivity index (χ0n) is 21.3.